The van der Waals surface area contributed by atoms with E-state index in [4.69, 9.17) is 0 Å². The Hall–Kier alpha value is -1.33. The molecule has 4 heteroatoms. The van der Waals surface area contributed by atoms with Crippen LogP contribution in [0.4, 0.5) is 0 Å². The van der Waals surface area contributed by atoms with Crippen LogP contribution >= 0.6 is 0 Å². The first-order valence-corrected chi connectivity index (χ1v) is 8.25. The quantitative estimate of drug-likeness (QED) is 0.847. The maximum absolute atomic E-state index is 12.7. The fourth-order valence-electron chi connectivity index (χ4n) is 2.89. The van der Waals surface area contributed by atoms with E-state index in [0.29, 0.717) is 12.8 Å². The van der Waals surface area contributed by atoms with Gasteiger partial charge in [-0.3, -0.25) is 0 Å². The molecule has 0 amide bonds. The van der Waals surface area contributed by atoms with Gasteiger partial charge in [0, 0.05) is 41.9 Å². The Balaban J connectivity index is 2.08. The van der Waals surface area contributed by atoms with E-state index >= 15 is 0 Å². The molecule has 3 rings (SSSR count). The van der Waals surface area contributed by atoms with Gasteiger partial charge >= 0.3 is 0 Å². The topological polar surface area (TPSA) is 63.5 Å². The molecule has 1 aliphatic rings. The van der Waals surface area contributed by atoms with Crippen LogP contribution in [0.15, 0.2) is 46.2 Å². The molecule has 2 aromatic carbocycles. The molecule has 3 nitrogen and oxygen atoms in total. The summed E-state index contributed by atoms with van der Waals surface area (Å²) in [6, 6.07) is 11.8. The molecule has 0 saturated carbocycles. The molecule has 21 heavy (non-hydrogen) atoms. The number of hydrogen-bond acceptors (Lipinski definition) is 3. The van der Waals surface area contributed by atoms with Crippen LogP contribution < -0.4 is 0 Å². The van der Waals surface area contributed by atoms with Gasteiger partial charge in [-0.05, 0) is 36.1 Å². The average Bonchev–Trinajstić information content (AvgIpc) is 2.49. The first kappa shape index (κ1) is 14.6. The Morgan fingerprint density at radius 3 is 2.29 bits per heavy atom. The van der Waals surface area contributed by atoms with Gasteiger partial charge in [0.25, 0.3) is 0 Å². The second kappa shape index (κ2) is 6.20. The summed E-state index contributed by atoms with van der Waals surface area (Å²) < 4.78 is 12.7. The first-order valence-electron chi connectivity index (χ1n) is 7.10. The lowest BCUT2D eigenvalue weighted by molar-refractivity contribution is 0.293. The number of rotatable bonds is 4. The van der Waals surface area contributed by atoms with Gasteiger partial charge in [-0.15, -0.1) is 0 Å². The number of aliphatic hydroxyl groups excluding tert-OH is 2. The molecule has 2 aromatic rings. The number of benzene rings is 2. The minimum absolute atomic E-state index is 0.0560. The van der Waals surface area contributed by atoms with Crippen molar-refractivity contribution >= 4 is 11.2 Å². The summed E-state index contributed by atoms with van der Waals surface area (Å²) in [4.78, 5) is 1.73. The molecule has 0 aromatic heterocycles. The van der Waals surface area contributed by atoms with Crippen molar-refractivity contribution in [2.45, 2.75) is 29.1 Å². The smallest absolute Gasteiger partial charge is 0.162 e. The van der Waals surface area contributed by atoms with Crippen molar-refractivity contribution in [3.8, 4) is 0 Å². The Morgan fingerprint density at radius 1 is 0.905 bits per heavy atom. The first-order chi connectivity index (χ1) is 10.2. The molecule has 0 spiro atoms. The van der Waals surface area contributed by atoms with E-state index in [1.54, 1.807) is 0 Å². The van der Waals surface area contributed by atoms with Gasteiger partial charge in [-0.2, -0.15) is 0 Å². The zero-order chi connectivity index (χ0) is 14.8. The van der Waals surface area contributed by atoms with Crippen LogP contribution in [0.2, 0.25) is 0 Å². The van der Waals surface area contributed by atoms with E-state index in [1.165, 1.54) is 0 Å². The monoisotopic (exact) mass is 302 g/mol. The van der Waals surface area contributed by atoms with Gasteiger partial charge in [0.2, 0.25) is 0 Å². The lowest BCUT2D eigenvalue weighted by atomic mass is 9.95. The van der Waals surface area contributed by atoms with Gasteiger partial charge in [-0.1, -0.05) is 24.3 Å². The fraction of sp³-hybridized carbons (Fsp3) is 0.294. The lowest BCUT2D eigenvalue weighted by Crippen LogP contribution is -2.16. The molecular weight excluding hydrogens is 284 g/mol. The third-order valence-corrected chi connectivity index (χ3v) is 5.48. The van der Waals surface area contributed by atoms with Crippen LogP contribution in [0.25, 0.3) is 0 Å². The zero-order valence-corrected chi connectivity index (χ0v) is 12.5. The van der Waals surface area contributed by atoms with E-state index in [0.717, 1.165) is 38.5 Å². The SMILES string of the molecule is [O-][S+]1c2ccccc2Cc2cc(CCO)c(CCO)cc21. The van der Waals surface area contributed by atoms with Gasteiger partial charge in [0.05, 0.1) is 0 Å². The Labute approximate surface area is 127 Å². The second-order valence-corrected chi connectivity index (χ2v) is 6.65. The summed E-state index contributed by atoms with van der Waals surface area (Å²) in [6.07, 6.45) is 1.87. The molecule has 1 atom stereocenters. The van der Waals surface area contributed by atoms with Gasteiger partial charge in [0.15, 0.2) is 9.79 Å². The molecule has 1 unspecified atom stereocenters. The van der Waals surface area contributed by atoms with Gasteiger partial charge < -0.3 is 14.8 Å². The van der Waals surface area contributed by atoms with Crippen LogP contribution in [0.1, 0.15) is 22.3 Å². The van der Waals surface area contributed by atoms with Crippen LogP contribution in [-0.4, -0.2) is 28.0 Å². The average molecular weight is 302 g/mol. The highest BCUT2D eigenvalue weighted by molar-refractivity contribution is 7.91. The minimum Gasteiger partial charge on any atom is -0.606 e. The summed E-state index contributed by atoms with van der Waals surface area (Å²) >= 11 is -1.16. The molecule has 2 N–H and O–H groups in total. The Kier molecular flexibility index (Phi) is 4.31. The van der Waals surface area contributed by atoms with Crippen LogP contribution in [0.3, 0.4) is 0 Å². The molecular formula is C17H18O3S. The zero-order valence-electron chi connectivity index (χ0n) is 11.7. The highest BCUT2D eigenvalue weighted by atomic mass is 32.2. The van der Waals surface area contributed by atoms with Crippen molar-refractivity contribution in [1.82, 2.24) is 0 Å². The molecule has 110 valence electrons. The summed E-state index contributed by atoms with van der Waals surface area (Å²) in [5.41, 5.74) is 4.20. The van der Waals surface area contributed by atoms with Crippen LogP contribution in [0, 0.1) is 0 Å². The number of fused-ring (bicyclic) bond motifs is 2. The van der Waals surface area contributed by atoms with Crippen molar-refractivity contribution in [2.75, 3.05) is 13.2 Å². The van der Waals surface area contributed by atoms with E-state index in [9.17, 15) is 14.8 Å². The van der Waals surface area contributed by atoms with Gasteiger partial charge in [-0.25, -0.2) is 0 Å². The summed E-state index contributed by atoms with van der Waals surface area (Å²) in [6.45, 7) is 0.136. The summed E-state index contributed by atoms with van der Waals surface area (Å²) in [5, 5.41) is 18.4. The molecule has 0 radical (unpaired) electrons. The van der Waals surface area contributed by atoms with E-state index in [2.05, 4.69) is 0 Å². The molecule has 0 aliphatic carbocycles. The molecule has 0 fully saturated rings. The van der Waals surface area contributed by atoms with E-state index in [-0.39, 0.29) is 13.2 Å². The van der Waals surface area contributed by atoms with Gasteiger partial charge in [0.1, 0.15) is 0 Å². The maximum Gasteiger partial charge on any atom is 0.162 e. The number of aliphatic hydroxyl groups is 2. The Bertz CT molecular complexity index is 654. The van der Waals surface area contributed by atoms with E-state index in [1.807, 2.05) is 36.4 Å². The standard InChI is InChI=1S/C17H18O3S/c18-7-5-12-9-15-10-14-3-1-2-4-16(14)21(20)17(15)11-13(12)6-8-19/h1-4,9,11,18-19H,5-8,10H2. The predicted octanol–water partition coefficient (Wildman–Crippen LogP) is 1.83. The highest BCUT2D eigenvalue weighted by Gasteiger charge is 2.29. The third-order valence-electron chi connectivity index (χ3n) is 3.90. The van der Waals surface area contributed by atoms with Crippen LogP contribution in [0.5, 0.6) is 0 Å². The second-order valence-electron chi connectivity index (χ2n) is 5.23. The van der Waals surface area contributed by atoms with Crippen molar-refractivity contribution in [1.29, 1.82) is 0 Å². The van der Waals surface area contributed by atoms with Crippen molar-refractivity contribution in [3.05, 3.63) is 58.7 Å². The Morgan fingerprint density at radius 2 is 1.57 bits per heavy atom. The molecule has 0 saturated heterocycles. The normalized spacial score (nSPS) is 16.4. The van der Waals surface area contributed by atoms with Crippen molar-refractivity contribution in [2.24, 2.45) is 0 Å². The summed E-state index contributed by atoms with van der Waals surface area (Å²) in [5.74, 6) is 0. The van der Waals surface area contributed by atoms with Crippen molar-refractivity contribution < 1.29 is 14.8 Å². The maximum atomic E-state index is 12.7. The largest absolute Gasteiger partial charge is 0.606 e. The number of hydrogen-bond donors (Lipinski definition) is 2. The predicted molar refractivity (Wildman–Crippen MR) is 81.9 cm³/mol. The van der Waals surface area contributed by atoms with Crippen LogP contribution in [-0.2, 0) is 30.4 Å². The highest BCUT2D eigenvalue weighted by Crippen LogP contribution is 2.36. The van der Waals surface area contributed by atoms with E-state index < -0.39 is 11.2 Å². The molecule has 1 aliphatic heterocycles. The molecule has 1 heterocycles. The fourth-order valence-corrected chi connectivity index (χ4v) is 4.33. The van der Waals surface area contributed by atoms with Crippen molar-refractivity contribution in [3.63, 3.8) is 0 Å². The lowest BCUT2D eigenvalue weighted by Gasteiger charge is -2.23. The molecule has 0 bridgehead atoms. The summed E-state index contributed by atoms with van der Waals surface area (Å²) in [7, 11) is 0. The third kappa shape index (κ3) is 2.72. The minimum atomic E-state index is -1.16.